The largest absolute Gasteiger partial charge is 0.289 e. The third-order valence-corrected chi connectivity index (χ3v) is 4.23. The topological polar surface area (TPSA) is 60.7 Å². The average molecular weight is 387 g/mol. The van der Waals surface area contributed by atoms with Crippen molar-refractivity contribution in [3.05, 3.63) is 76.1 Å². The van der Waals surface area contributed by atoms with E-state index >= 15 is 0 Å². The van der Waals surface area contributed by atoms with Crippen molar-refractivity contribution in [3.63, 3.8) is 0 Å². The smallest absolute Gasteiger partial charge is 0.218 e. The predicted octanol–water partition coefficient (Wildman–Crippen LogP) is 3.91. The van der Waals surface area contributed by atoms with Gasteiger partial charge in [-0.2, -0.15) is 4.68 Å². The number of carbonyl (C=O) groups is 1. The molecule has 0 fully saturated rings. The van der Waals surface area contributed by atoms with Gasteiger partial charge in [-0.15, -0.1) is 5.10 Å². The second-order valence-corrected chi connectivity index (χ2v) is 6.29. The van der Waals surface area contributed by atoms with E-state index < -0.39 is 0 Å². The molecule has 0 amide bonds. The number of halogens is 1. The Balaban J connectivity index is 1.70. The van der Waals surface area contributed by atoms with Gasteiger partial charge in [0.05, 0.1) is 5.69 Å². The second kappa shape index (κ2) is 7.34. The van der Waals surface area contributed by atoms with Crippen molar-refractivity contribution in [2.45, 2.75) is 5.16 Å². The van der Waals surface area contributed by atoms with Crippen molar-refractivity contribution < 1.29 is 4.79 Å². The van der Waals surface area contributed by atoms with Crippen molar-refractivity contribution in [1.29, 1.82) is 0 Å². The van der Waals surface area contributed by atoms with Gasteiger partial charge in [0.1, 0.15) is 0 Å². The van der Waals surface area contributed by atoms with Crippen LogP contribution in [0.1, 0.15) is 10.4 Å². The molecule has 0 aliphatic rings. The minimum atomic E-state index is -0.0660. The number of rotatable bonds is 5. The molecule has 0 saturated carbocycles. The molecule has 0 spiro atoms. The van der Waals surface area contributed by atoms with Crippen LogP contribution in [-0.4, -0.2) is 26.0 Å². The molecule has 114 valence electrons. The first-order valence-corrected chi connectivity index (χ1v) is 8.38. The fourth-order valence-electron chi connectivity index (χ4n) is 1.85. The molecule has 0 atom stereocenters. The minimum absolute atomic E-state index is 0.0660. The Kier molecular flexibility index (Phi) is 4.99. The van der Waals surface area contributed by atoms with Gasteiger partial charge in [-0.1, -0.05) is 45.9 Å². The lowest BCUT2D eigenvalue weighted by Crippen LogP contribution is -1.98. The summed E-state index contributed by atoms with van der Waals surface area (Å²) < 4.78 is 2.56. The van der Waals surface area contributed by atoms with Crippen LogP contribution in [0.3, 0.4) is 0 Å². The highest BCUT2D eigenvalue weighted by Gasteiger charge is 2.07. The third-order valence-electron chi connectivity index (χ3n) is 2.96. The van der Waals surface area contributed by atoms with Crippen molar-refractivity contribution in [2.24, 2.45) is 0 Å². The Bertz CT molecular complexity index is 831. The zero-order chi connectivity index (χ0) is 16.1. The number of nitrogens with zero attached hydrogens (tertiary/aromatic N) is 4. The number of hydrogen-bond donors (Lipinski definition) is 0. The normalized spacial score (nSPS) is 11.0. The van der Waals surface area contributed by atoms with E-state index in [1.165, 1.54) is 17.8 Å². The maximum absolute atomic E-state index is 12.1. The fourth-order valence-corrected chi connectivity index (χ4v) is 2.75. The third kappa shape index (κ3) is 3.94. The lowest BCUT2D eigenvalue weighted by molar-refractivity contribution is 0.104. The van der Waals surface area contributed by atoms with E-state index in [1.807, 2.05) is 42.5 Å². The van der Waals surface area contributed by atoms with Gasteiger partial charge in [0.2, 0.25) is 5.16 Å². The number of ketones is 1. The van der Waals surface area contributed by atoms with E-state index in [-0.39, 0.29) is 5.78 Å². The summed E-state index contributed by atoms with van der Waals surface area (Å²) in [4.78, 5) is 12.1. The molecule has 3 aromatic rings. The van der Waals surface area contributed by atoms with Gasteiger partial charge >= 0.3 is 0 Å². The first-order valence-electron chi connectivity index (χ1n) is 6.71. The zero-order valence-electron chi connectivity index (χ0n) is 11.8. The van der Waals surface area contributed by atoms with Gasteiger partial charge < -0.3 is 0 Å². The van der Waals surface area contributed by atoms with Gasteiger partial charge in [-0.25, -0.2) is 0 Å². The van der Waals surface area contributed by atoms with Crippen LogP contribution in [0.4, 0.5) is 0 Å². The number of tetrazole rings is 1. The summed E-state index contributed by atoms with van der Waals surface area (Å²) in [6, 6.07) is 16.8. The van der Waals surface area contributed by atoms with E-state index in [1.54, 1.807) is 22.2 Å². The SMILES string of the molecule is O=C(/C=C\Sc1nnnn1-c1ccccc1)c1ccc(Br)cc1. The van der Waals surface area contributed by atoms with Crippen LogP contribution in [-0.2, 0) is 0 Å². The summed E-state index contributed by atoms with van der Waals surface area (Å²) in [6.45, 7) is 0. The highest BCUT2D eigenvalue weighted by atomic mass is 79.9. The first kappa shape index (κ1) is 15.6. The molecule has 0 unspecified atom stereocenters. The fraction of sp³-hybridized carbons (Fsp3) is 0. The number of carbonyl (C=O) groups excluding carboxylic acids is 1. The number of hydrogen-bond acceptors (Lipinski definition) is 5. The van der Waals surface area contributed by atoms with Crippen molar-refractivity contribution in [1.82, 2.24) is 20.2 Å². The molecule has 0 N–H and O–H groups in total. The maximum Gasteiger partial charge on any atom is 0.218 e. The number of allylic oxidation sites excluding steroid dienone is 1. The van der Waals surface area contributed by atoms with Gasteiger partial charge in [0, 0.05) is 10.0 Å². The number of para-hydroxylation sites is 1. The Morgan fingerprint density at radius 3 is 2.57 bits per heavy atom. The van der Waals surface area contributed by atoms with Crippen molar-refractivity contribution in [2.75, 3.05) is 0 Å². The zero-order valence-corrected chi connectivity index (χ0v) is 14.2. The van der Waals surface area contributed by atoms with Crippen LogP contribution >= 0.6 is 27.7 Å². The van der Waals surface area contributed by atoms with Crippen LogP contribution in [0, 0.1) is 0 Å². The van der Waals surface area contributed by atoms with Gasteiger partial charge in [-0.05, 0) is 58.3 Å². The summed E-state index contributed by atoms with van der Waals surface area (Å²) >= 11 is 4.64. The van der Waals surface area contributed by atoms with Crippen LogP contribution in [0.15, 0.2) is 75.7 Å². The molecule has 1 heterocycles. The average Bonchev–Trinajstić information content (AvgIpc) is 3.05. The molecule has 1 aromatic heterocycles. The molecule has 0 aliphatic heterocycles. The number of benzene rings is 2. The molecule has 0 bridgehead atoms. The molecule has 5 nitrogen and oxygen atoms in total. The molecule has 23 heavy (non-hydrogen) atoms. The number of thioether (sulfide) groups is 1. The minimum Gasteiger partial charge on any atom is -0.289 e. The summed E-state index contributed by atoms with van der Waals surface area (Å²) in [5, 5.41) is 13.9. The summed E-state index contributed by atoms with van der Waals surface area (Å²) in [5.74, 6) is -0.0660. The Morgan fingerprint density at radius 2 is 1.83 bits per heavy atom. The van der Waals surface area contributed by atoms with Gasteiger partial charge in [0.25, 0.3) is 0 Å². The lowest BCUT2D eigenvalue weighted by atomic mass is 10.1. The second-order valence-electron chi connectivity index (χ2n) is 4.50. The molecule has 2 aromatic carbocycles. The molecule has 0 aliphatic carbocycles. The highest BCUT2D eigenvalue weighted by Crippen LogP contribution is 2.19. The predicted molar refractivity (Wildman–Crippen MR) is 92.6 cm³/mol. The molecule has 0 radical (unpaired) electrons. The summed E-state index contributed by atoms with van der Waals surface area (Å²) in [7, 11) is 0. The molecule has 0 saturated heterocycles. The van der Waals surface area contributed by atoms with Crippen LogP contribution in [0.25, 0.3) is 5.69 Å². The van der Waals surface area contributed by atoms with Crippen LogP contribution < -0.4 is 0 Å². The van der Waals surface area contributed by atoms with Gasteiger partial charge in [-0.3, -0.25) is 4.79 Å². The lowest BCUT2D eigenvalue weighted by Gasteiger charge is -2.01. The van der Waals surface area contributed by atoms with E-state index in [9.17, 15) is 4.79 Å². The summed E-state index contributed by atoms with van der Waals surface area (Å²) in [6.07, 6.45) is 1.51. The number of aromatic nitrogens is 4. The highest BCUT2D eigenvalue weighted by molar-refractivity contribution is 9.10. The molecular weight excluding hydrogens is 376 g/mol. The molecule has 7 heteroatoms. The van der Waals surface area contributed by atoms with Crippen molar-refractivity contribution >= 4 is 33.5 Å². The van der Waals surface area contributed by atoms with Crippen LogP contribution in [0.2, 0.25) is 0 Å². The van der Waals surface area contributed by atoms with E-state index in [2.05, 4.69) is 31.5 Å². The molecule has 3 rings (SSSR count). The van der Waals surface area contributed by atoms with E-state index in [0.717, 1.165) is 10.2 Å². The monoisotopic (exact) mass is 386 g/mol. The maximum atomic E-state index is 12.1. The van der Waals surface area contributed by atoms with Crippen LogP contribution in [0.5, 0.6) is 0 Å². The quantitative estimate of drug-likeness (QED) is 0.377. The Morgan fingerprint density at radius 1 is 1.09 bits per heavy atom. The van der Waals surface area contributed by atoms with E-state index in [0.29, 0.717) is 10.7 Å². The molecular formula is C16H11BrN4OS. The van der Waals surface area contributed by atoms with E-state index in [4.69, 9.17) is 0 Å². The summed E-state index contributed by atoms with van der Waals surface area (Å²) in [5.41, 5.74) is 1.50. The Hall–Kier alpha value is -2.25. The van der Waals surface area contributed by atoms with Gasteiger partial charge in [0.15, 0.2) is 5.78 Å². The Labute approximate surface area is 145 Å². The first-order chi connectivity index (χ1) is 11.2. The van der Waals surface area contributed by atoms with Crippen molar-refractivity contribution in [3.8, 4) is 5.69 Å². The standard InChI is InChI=1S/C16H11BrN4OS/c17-13-8-6-12(7-9-13)15(22)10-11-23-16-18-19-20-21(16)14-4-2-1-3-5-14/h1-11H/b11-10-.